The van der Waals surface area contributed by atoms with E-state index in [4.69, 9.17) is 37.9 Å². The van der Waals surface area contributed by atoms with Crippen molar-refractivity contribution in [3.05, 3.63) is 145 Å². The largest absolute Gasteiger partial charge is 0.513 e. The van der Waals surface area contributed by atoms with E-state index >= 15 is 0 Å². The van der Waals surface area contributed by atoms with Crippen LogP contribution in [0.2, 0.25) is 0 Å². The summed E-state index contributed by atoms with van der Waals surface area (Å²) in [5.74, 6) is -0.769. The zero-order valence-corrected chi connectivity index (χ0v) is 37.7. The normalized spacial score (nSPS) is 12.5. The van der Waals surface area contributed by atoms with Gasteiger partial charge in [0.15, 0.2) is 0 Å². The van der Waals surface area contributed by atoms with Gasteiger partial charge in [-0.3, -0.25) is 0 Å². The smallest absolute Gasteiger partial charge is 0.463 e. The van der Waals surface area contributed by atoms with Crippen molar-refractivity contribution in [1.82, 2.24) is 0 Å². The summed E-state index contributed by atoms with van der Waals surface area (Å²) in [4.78, 5) is 72.0. The molecule has 350 valence electrons. The molecule has 4 aromatic rings. The first-order chi connectivity index (χ1) is 32.4. The summed E-state index contributed by atoms with van der Waals surface area (Å²) in [5, 5.41) is 0. The molecule has 5 rings (SSSR count). The lowest BCUT2D eigenvalue weighted by Crippen LogP contribution is -2.11. The molecule has 0 amide bonds. The fraction of sp³-hybridized carbons (Fsp3) is 0.283. The van der Waals surface area contributed by atoms with Crippen LogP contribution in [0.4, 0.5) is 9.59 Å². The Kier molecular flexibility index (Phi) is 19.7. The second-order valence-electron chi connectivity index (χ2n) is 15.3. The van der Waals surface area contributed by atoms with Crippen molar-refractivity contribution in [3.8, 4) is 34.1 Å². The Morgan fingerprint density at radius 3 is 1.37 bits per heavy atom. The van der Waals surface area contributed by atoms with Crippen LogP contribution in [0.5, 0.6) is 23.0 Å². The van der Waals surface area contributed by atoms with Gasteiger partial charge in [-0.15, -0.1) is 0 Å². The van der Waals surface area contributed by atoms with Gasteiger partial charge < -0.3 is 37.9 Å². The highest BCUT2D eigenvalue weighted by atomic mass is 16.7. The Bertz CT molecular complexity index is 2450. The standard InChI is InChI=1S/C53H54O14/c1-5-48(54)60-29-11-7-9-13-31-62-52(58)66-40-20-15-38(16-21-40)17-28-50(56)64-42-24-26-44-45-27-25-43(35-47(45)37(4)46(44)34-42)65-51(57)33-36(3)39-18-22-41(23-19-39)67-53(59)63-32-14-10-8-12-30-61-49(55)6-2/h5-6,15-28,33-35,37H,1-2,7-14,29-32H2,3-4H3. The fourth-order valence-electron chi connectivity index (χ4n) is 6.88. The third-order valence-corrected chi connectivity index (χ3v) is 10.4. The van der Waals surface area contributed by atoms with Crippen LogP contribution in [0.3, 0.4) is 0 Å². The molecule has 0 spiro atoms. The Balaban J connectivity index is 1.02. The minimum atomic E-state index is -0.818. The minimum absolute atomic E-state index is 0.0785. The fourth-order valence-corrected chi connectivity index (χ4v) is 6.88. The summed E-state index contributed by atoms with van der Waals surface area (Å²) >= 11 is 0. The van der Waals surface area contributed by atoms with Gasteiger partial charge >= 0.3 is 36.2 Å². The molecule has 0 N–H and O–H groups in total. The van der Waals surface area contributed by atoms with E-state index in [-0.39, 0.29) is 24.9 Å². The molecule has 1 atom stereocenters. The summed E-state index contributed by atoms with van der Waals surface area (Å²) in [6.45, 7) is 11.5. The SMILES string of the molecule is C=CC(=O)OCCCCCCOC(=O)Oc1ccc(C=CC(=O)Oc2ccc3c(c2)C(C)c2cc(OC(=O)C=C(C)c4ccc(OC(=O)OCCCCCCOC(=O)C=C)cc4)ccc2-3)cc1. The predicted molar refractivity (Wildman–Crippen MR) is 249 cm³/mol. The minimum Gasteiger partial charge on any atom is -0.463 e. The Labute approximate surface area is 389 Å². The van der Waals surface area contributed by atoms with Gasteiger partial charge in [0.1, 0.15) is 23.0 Å². The molecule has 0 fully saturated rings. The predicted octanol–water partition coefficient (Wildman–Crippen LogP) is 11.1. The second kappa shape index (κ2) is 26.3. The van der Waals surface area contributed by atoms with Gasteiger partial charge in [0.05, 0.1) is 26.4 Å². The van der Waals surface area contributed by atoms with Gasteiger partial charge in [0.25, 0.3) is 0 Å². The molecule has 1 aliphatic rings. The van der Waals surface area contributed by atoms with Crippen LogP contribution in [0.25, 0.3) is 22.8 Å². The number of hydrogen-bond acceptors (Lipinski definition) is 14. The van der Waals surface area contributed by atoms with Crippen LogP contribution < -0.4 is 18.9 Å². The lowest BCUT2D eigenvalue weighted by Gasteiger charge is -2.10. The molecule has 67 heavy (non-hydrogen) atoms. The van der Waals surface area contributed by atoms with E-state index in [1.807, 2.05) is 31.2 Å². The van der Waals surface area contributed by atoms with Crippen molar-refractivity contribution in [3.63, 3.8) is 0 Å². The van der Waals surface area contributed by atoms with Crippen LogP contribution in [0.1, 0.15) is 93.4 Å². The van der Waals surface area contributed by atoms with E-state index < -0.39 is 36.2 Å². The van der Waals surface area contributed by atoms with E-state index in [2.05, 4.69) is 13.2 Å². The van der Waals surface area contributed by atoms with Gasteiger partial charge in [-0.05, 0) is 152 Å². The van der Waals surface area contributed by atoms with E-state index in [9.17, 15) is 28.8 Å². The Morgan fingerprint density at radius 2 is 0.910 bits per heavy atom. The lowest BCUT2D eigenvalue weighted by atomic mass is 9.99. The quantitative estimate of drug-likeness (QED) is 0.0162. The van der Waals surface area contributed by atoms with Crippen molar-refractivity contribution in [2.75, 3.05) is 26.4 Å². The zero-order valence-electron chi connectivity index (χ0n) is 37.7. The number of benzene rings is 4. The number of carbonyl (C=O) groups is 6. The monoisotopic (exact) mass is 914 g/mol. The maximum atomic E-state index is 13.0. The third-order valence-electron chi connectivity index (χ3n) is 10.4. The molecule has 0 heterocycles. The number of fused-ring (bicyclic) bond motifs is 3. The molecule has 0 radical (unpaired) electrons. The average molecular weight is 915 g/mol. The molecule has 0 aliphatic heterocycles. The van der Waals surface area contributed by atoms with Crippen LogP contribution >= 0.6 is 0 Å². The van der Waals surface area contributed by atoms with Gasteiger partial charge in [-0.1, -0.05) is 56.5 Å². The molecule has 0 saturated heterocycles. The highest BCUT2D eigenvalue weighted by Gasteiger charge is 2.27. The third kappa shape index (κ3) is 16.6. The lowest BCUT2D eigenvalue weighted by molar-refractivity contribution is -0.138. The Morgan fingerprint density at radius 1 is 0.493 bits per heavy atom. The Hall–Kier alpha value is -7.74. The van der Waals surface area contributed by atoms with E-state index in [0.29, 0.717) is 67.3 Å². The van der Waals surface area contributed by atoms with Crippen LogP contribution in [0.15, 0.2) is 122 Å². The van der Waals surface area contributed by atoms with Gasteiger partial charge in [0.2, 0.25) is 0 Å². The van der Waals surface area contributed by atoms with E-state index in [1.165, 1.54) is 12.2 Å². The number of allylic oxidation sites excluding steroid dienone is 1. The molecule has 14 heteroatoms. The first-order valence-corrected chi connectivity index (χ1v) is 22.0. The topological polar surface area (TPSA) is 176 Å². The summed E-state index contributed by atoms with van der Waals surface area (Å²) in [6, 6.07) is 24.1. The molecular formula is C53H54O14. The zero-order chi connectivity index (χ0) is 48.0. The maximum Gasteiger partial charge on any atom is 0.513 e. The summed E-state index contributed by atoms with van der Waals surface area (Å²) in [5.41, 5.74) is 5.93. The number of hydrogen-bond donors (Lipinski definition) is 0. The van der Waals surface area contributed by atoms with Crippen LogP contribution in [-0.2, 0) is 38.1 Å². The summed E-state index contributed by atoms with van der Waals surface area (Å²) < 4.78 is 41.9. The molecule has 0 bridgehead atoms. The molecular weight excluding hydrogens is 861 g/mol. The number of rotatable bonds is 24. The van der Waals surface area contributed by atoms with Crippen molar-refractivity contribution < 1.29 is 66.7 Å². The van der Waals surface area contributed by atoms with Gasteiger partial charge in [0, 0.05) is 30.2 Å². The molecule has 0 saturated carbocycles. The molecule has 14 nitrogen and oxygen atoms in total. The second-order valence-corrected chi connectivity index (χ2v) is 15.3. The van der Waals surface area contributed by atoms with Crippen molar-refractivity contribution in [2.24, 2.45) is 0 Å². The number of esters is 4. The first kappa shape index (κ1) is 50.3. The van der Waals surface area contributed by atoms with E-state index in [0.717, 1.165) is 65.7 Å². The summed E-state index contributed by atoms with van der Waals surface area (Å²) in [7, 11) is 0. The van der Waals surface area contributed by atoms with Crippen LogP contribution in [0, 0.1) is 0 Å². The number of unbranched alkanes of at least 4 members (excludes halogenated alkanes) is 6. The van der Waals surface area contributed by atoms with Crippen LogP contribution in [-0.4, -0.2) is 62.6 Å². The average Bonchev–Trinajstić information content (AvgIpc) is 3.59. The van der Waals surface area contributed by atoms with Crippen molar-refractivity contribution in [2.45, 2.75) is 71.1 Å². The van der Waals surface area contributed by atoms with Gasteiger partial charge in [-0.25, -0.2) is 28.8 Å². The highest BCUT2D eigenvalue weighted by molar-refractivity contribution is 5.93. The molecule has 1 unspecified atom stereocenters. The van der Waals surface area contributed by atoms with Crippen molar-refractivity contribution >= 4 is 47.8 Å². The highest BCUT2D eigenvalue weighted by Crippen LogP contribution is 2.47. The molecule has 4 aromatic carbocycles. The van der Waals surface area contributed by atoms with E-state index in [1.54, 1.807) is 73.7 Å². The van der Waals surface area contributed by atoms with Gasteiger partial charge in [-0.2, -0.15) is 0 Å². The van der Waals surface area contributed by atoms with Crippen molar-refractivity contribution in [1.29, 1.82) is 0 Å². The number of ether oxygens (including phenoxy) is 8. The summed E-state index contributed by atoms with van der Waals surface area (Å²) in [6.07, 6.45) is 10.9. The maximum absolute atomic E-state index is 13.0. The first-order valence-electron chi connectivity index (χ1n) is 22.0. The number of carbonyl (C=O) groups excluding carboxylic acids is 6. The molecule has 0 aromatic heterocycles. The molecule has 1 aliphatic carbocycles.